The molecule has 0 spiro atoms. The zero-order chi connectivity index (χ0) is 22.5. The van der Waals surface area contributed by atoms with Gasteiger partial charge in [-0.3, -0.25) is 9.98 Å². The fourth-order valence-electron chi connectivity index (χ4n) is 3.79. The SMILES string of the molecule is Cc1cc(/C=N/c2c(C)cccc2C)nc(/C=N/c2c(C(C)C)cccc2C(C)C)c1. The van der Waals surface area contributed by atoms with Gasteiger partial charge in [0, 0.05) is 0 Å². The number of hydrogen-bond acceptors (Lipinski definition) is 3. The van der Waals surface area contributed by atoms with Crippen molar-refractivity contribution in [2.75, 3.05) is 0 Å². The molecule has 0 atom stereocenters. The summed E-state index contributed by atoms with van der Waals surface area (Å²) in [4.78, 5) is 14.4. The van der Waals surface area contributed by atoms with Crippen molar-refractivity contribution in [2.24, 2.45) is 9.98 Å². The highest BCUT2D eigenvalue weighted by Crippen LogP contribution is 2.34. The van der Waals surface area contributed by atoms with E-state index in [0.717, 1.165) is 39.5 Å². The molecule has 3 nitrogen and oxygen atoms in total. The van der Waals surface area contributed by atoms with E-state index in [0.29, 0.717) is 11.8 Å². The lowest BCUT2D eigenvalue weighted by molar-refractivity contribution is 0.835. The molecule has 0 fully saturated rings. The molecule has 0 saturated carbocycles. The van der Waals surface area contributed by atoms with Crippen LogP contribution < -0.4 is 0 Å². The highest BCUT2D eigenvalue weighted by Gasteiger charge is 2.12. The summed E-state index contributed by atoms with van der Waals surface area (Å²) in [6, 6.07) is 16.8. The van der Waals surface area contributed by atoms with Crippen LogP contribution in [0.4, 0.5) is 11.4 Å². The molecule has 3 rings (SSSR count). The number of para-hydroxylation sites is 2. The van der Waals surface area contributed by atoms with E-state index in [-0.39, 0.29) is 0 Å². The van der Waals surface area contributed by atoms with Crippen LogP contribution in [0.5, 0.6) is 0 Å². The van der Waals surface area contributed by atoms with Crippen molar-refractivity contribution in [1.82, 2.24) is 4.98 Å². The lowest BCUT2D eigenvalue weighted by atomic mass is 9.93. The van der Waals surface area contributed by atoms with Crippen molar-refractivity contribution in [2.45, 2.75) is 60.3 Å². The summed E-state index contributed by atoms with van der Waals surface area (Å²) in [5, 5.41) is 0. The van der Waals surface area contributed by atoms with E-state index < -0.39 is 0 Å². The Hall–Kier alpha value is -3.07. The van der Waals surface area contributed by atoms with Crippen LogP contribution in [0, 0.1) is 20.8 Å². The van der Waals surface area contributed by atoms with Gasteiger partial charge in [0.25, 0.3) is 0 Å². The van der Waals surface area contributed by atoms with Crippen LogP contribution in [0.25, 0.3) is 0 Å². The lowest BCUT2D eigenvalue weighted by Crippen LogP contribution is -1.98. The van der Waals surface area contributed by atoms with Gasteiger partial charge in [0.1, 0.15) is 0 Å². The molecule has 0 aliphatic heterocycles. The predicted molar refractivity (Wildman–Crippen MR) is 134 cm³/mol. The molecule has 2 aromatic carbocycles. The van der Waals surface area contributed by atoms with Crippen molar-refractivity contribution in [3.05, 3.63) is 87.7 Å². The molecular formula is C28H33N3. The molecule has 0 radical (unpaired) electrons. The second-order valence-corrected chi connectivity index (χ2v) is 8.85. The van der Waals surface area contributed by atoms with Gasteiger partial charge >= 0.3 is 0 Å². The average molecular weight is 412 g/mol. The quantitative estimate of drug-likeness (QED) is 0.382. The Bertz CT molecular complexity index is 1070. The Morgan fingerprint density at radius 2 is 1.13 bits per heavy atom. The molecule has 0 saturated heterocycles. The molecule has 0 amide bonds. The van der Waals surface area contributed by atoms with E-state index in [1.807, 2.05) is 12.4 Å². The summed E-state index contributed by atoms with van der Waals surface area (Å²) in [6.07, 6.45) is 3.73. The normalized spacial score (nSPS) is 12.0. The van der Waals surface area contributed by atoms with Crippen LogP contribution in [0.2, 0.25) is 0 Å². The van der Waals surface area contributed by atoms with Crippen LogP contribution >= 0.6 is 0 Å². The van der Waals surface area contributed by atoms with Crippen LogP contribution in [-0.4, -0.2) is 17.4 Å². The maximum atomic E-state index is 4.92. The minimum Gasteiger partial charge on any atom is -0.254 e. The summed E-state index contributed by atoms with van der Waals surface area (Å²) < 4.78 is 0. The van der Waals surface area contributed by atoms with Gasteiger partial charge in [-0.2, -0.15) is 0 Å². The van der Waals surface area contributed by atoms with Crippen molar-refractivity contribution < 1.29 is 0 Å². The largest absolute Gasteiger partial charge is 0.254 e. The highest BCUT2D eigenvalue weighted by molar-refractivity contribution is 5.85. The molecule has 0 N–H and O–H groups in total. The standard InChI is InChI=1S/C28H33N3/c1-18(2)25-12-9-13-26(19(3)4)28(25)30-17-24-15-20(5)14-23(31-24)16-29-27-21(6)10-8-11-22(27)7/h8-19H,1-7H3/b29-16+,30-17+. The number of hydrogen-bond donors (Lipinski definition) is 0. The fraction of sp³-hybridized carbons (Fsp3) is 0.321. The van der Waals surface area contributed by atoms with E-state index >= 15 is 0 Å². The molecule has 31 heavy (non-hydrogen) atoms. The summed E-state index contributed by atoms with van der Waals surface area (Å²) in [5.41, 5.74) is 9.77. The summed E-state index contributed by atoms with van der Waals surface area (Å²) >= 11 is 0. The van der Waals surface area contributed by atoms with E-state index in [1.165, 1.54) is 11.1 Å². The van der Waals surface area contributed by atoms with Gasteiger partial charge in [-0.25, -0.2) is 4.98 Å². The maximum absolute atomic E-state index is 4.92. The number of pyridine rings is 1. The number of benzene rings is 2. The van der Waals surface area contributed by atoms with Gasteiger partial charge in [0.15, 0.2) is 0 Å². The molecular weight excluding hydrogens is 378 g/mol. The van der Waals surface area contributed by atoms with Crippen LogP contribution in [0.15, 0.2) is 58.5 Å². The van der Waals surface area contributed by atoms with E-state index in [9.17, 15) is 0 Å². The molecule has 1 heterocycles. The van der Waals surface area contributed by atoms with Gasteiger partial charge < -0.3 is 0 Å². The maximum Gasteiger partial charge on any atom is 0.0823 e. The average Bonchev–Trinajstić information content (AvgIpc) is 2.71. The minimum atomic E-state index is 0.413. The molecule has 160 valence electrons. The van der Waals surface area contributed by atoms with E-state index in [1.54, 1.807) is 0 Å². The molecule has 0 bridgehead atoms. The zero-order valence-electron chi connectivity index (χ0n) is 19.8. The van der Waals surface area contributed by atoms with Crippen LogP contribution in [0.3, 0.4) is 0 Å². The topological polar surface area (TPSA) is 37.6 Å². The summed E-state index contributed by atoms with van der Waals surface area (Å²) in [7, 11) is 0. The lowest BCUT2D eigenvalue weighted by Gasteiger charge is -2.16. The third kappa shape index (κ3) is 5.55. The number of rotatable bonds is 6. The first kappa shape index (κ1) is 22.6. The van der Waals surface area contributed by atoms with Gasteiger partial charge in [-0.15, -0.1) is 0 Å². The van der Waals surface area contributed by atoms with Gasteiger partial charge in [-0.05, 0) is 72.6 Å². The van der Waals surface area contributed by atoms with Crippen molar-refractivity contribution in [1.29, 1.82) is 0 Å². The molecule has 3 heteroatoms. The van der Waals surface area contributed by atoms with Crippen molar-refractivity contribution in [3.8, 4) is 0 Å². The van der Waals surface area contributed by atoms with E-state index in [2.05, 4.69) is 97.0 Å². The zero-order valence-corrected chi connectivity index (χ0v) is 19.8. The van der Waals surface area contributed by atoms with Crippen molar-refractivity contribution >= 4 is 23.8 Å². The second-order valence-electron chi connectivity index (χ2n) is 8.85. The number of aromatic nitrogens is 1. The Morgan fingerprint density at radius 3 is 1.61 bits per heavy atom. The second kappa shape index (κ2) is 9.82. The first-order valence-corrected chi connectivity index (χ1v) is 11.0. The molecule has 0 aliphatic rings. The Labute approximate surface area is 187 Å². The highest BCUT2D eigenvalue weighted by atomic mass is 14.8. The van der Waals surface area contributed by atoms with Gasteiger partial charge in [0.2, 0.25) is 0 Å². The van der Waals surface area contributed by atoms with Crippen molar-refractivity contribution in [3.63, 3.8) is 0 Å². The Balaban J connectivity index is 1.97. The fourth-order valence-corrected chi connectivity index (χ4v) is 3.79. The number of aliphatic imine (C=N–C) groups is 2. The molecule has 1 aromatic heterocycles. The first-order chi connectivity index (χ1) is 14.8. The Morgan fingerprint density at radius 1 is 0.677 bits per heavy atom. The number of aryl methyl sites for hydroxylation is 3. The monoisotopic (exact) mass is 411 g/mol. The van der Waals surface area contributed by atoms with E-state index in [4.69, 9.17) is 15.0 Å². The van der Waals surface area contributed by atoms with Gasteiger partial charge in [0.05, 0.1) is 35.2 Å². The van der Waals surface area contributed by atoms with Gasteiger partial charge in [-0.1, -0.05) is 64.1 Å². The molecule has 0 aliphatic carbocycles. The third-order valence-electron chi connectivity index (χ3n) is 5.44. The number of nitrogens with zero attached hydrogens (tertiary/aromatic N) is 3. The smallest absolute Gasteiger partial charge is 0.0823 e. The molecule has 3 aromatic rings. The first-order valence-electron chi connectivity index (χ1n) is 11.0. The van der Waals surface area contributed by atoms with Crippen LogP contribution in [0.1, 0.15) is 78.7 Å². The molecule has 0 unspecified atom stereocenters. The Kier molecular flexibility index (Phi) is 7.17. The van der Waals surface area contributed by atoms with Crippen LogP contribution in [-0.2, 0) is 0 Å². The third-order valence-corrected chi connectivity index (χ3v) is 5.44. The summed E-state index contributed by atoms with van der Waals surface area (Å²) in [6.45, 7) is 15.1. The predicted octanol–water partition coefficient (Wildman–Crippen LogP) is 7.75. The summed E-state index contributed by atoms with van der Waals surface area (Å²) in [5.74, 6) is 0.827. The minimum absolute atomic E-state index is 0.413.